The second-order valence-corrected chi connectivity index (χ2v) is 8.23. The van der Waals surface area contributed by atoms with Gasteiger partial charge in [-0.15, -0.1) is 0 Å². The van der Waals surface area contributed by atoms with Crippen LogP contribution in [0.5, 0.6) is 0 Å². The van der Waals surface area contributed by atoms with E-state index in [2.05, 4.69) is 15.6 Å². The molecule has 4 aromatic rings. The summed E-state index contributed by atoms with van der Waals surface area (Å²) in [6, 6.07) is 24.6. The molecule has 6 nitrogen and oxygen atoms in total. The highest BCUT2D eigenvalue weighted by Gasteiger charge is 2.20. The average molecular weight is 464 g/mol. The summed E-state index contributed by atoms with van der Waals surface area (Å²) in [6.07, 6.45) is 1.67. The first-order chi connectivity index (χ1) is 16.9. The highest BCUT2D eigenvalue weighted by atomic mass is 16.2. The predicted octanol–water partition coefficient (Wildman–Crippen LogP) is 5.11. The number of anilines is 1. The fourth-order valence-electron chi connectivity index (χ4n) is 3.72. The Morgan fingerprint density at radius 2 is 1.51 bits per heavy atom. The number of aromatic nitrogens is 1. The van der Waals surface area contributed by atoms with Crippen LogP contribution in [-0.4, -0.2) is 22.6 Å². The maximum absolute atomic E-state index is 13.3. The fraction of sp³-hybridized carbons (Fsp3) is 0.103. The van der Waals surface area contributed by atoms with Crippen molar-refractivity contribution in [3.05, 3.63) is 130 Å². The number of nitrogens with one attached hydrogen (secondary N) is 2. The smallest absolute Gasteiger partial charge is 0.256 e. The van der Waals surface area contributed by atoms with Crippen LogP contribution >= 0.6 is 0 Å². The predicted molar refractivity (Wildman–Crippen MR) is 136 cm³/mol. The van der Waals surface area contributed by atoms with Crippen LogP contribution in [0.2, 0.25) is 0 Å². The lowest BCUT2D eigenvalue weighted by molar-refractivity contribution is 0.0949. The summed E-state index contributed by atoms with van der Waals surface area (Å²) in [4.78, 5) is 43.2. The molecule has 0 saturated heterocycles. The number of rotatable bonds is 7. The first-order valence-corrected chi connectivity index (χ1v) is 11.2. The molecular weight excluding hydrogens is 438 g/mol. The maximum Gasteiger partial charge on any atom is 0.256 e. The molecular formula is C29H25N3O3. The number of benzene rings is 3. The third-order valence-electron chi connectivity index (χ3n) is 5.59. The lowest BCUT2D eigenvalue weighted by Gasteiger charge is -2.12. The zero-order chi connectivity index (χ0) is 24.8. The average Bonchev–Trinajstić information content (AvgIpc) is 2.89. The molecule has 174 valence electrons. The number of ketones is 1. The van der Waals surface area contributed by atoms with Crippen molar-refractivity contribution in [3.63, 3.8) is 0 Å². The van der Waals surface area contributed by atoms with E-state index in [0.29, 0.717) is 28.9 Å². The number of aryl methyl sites for hydroxylation is 2. The molecule has 0 aliphatic carbocycles. The van der Waals surface area contributed by atoms with Gasteiger partial charge in [0.1, 0.15) is 0 Å². The van der Waals surface area contributed by atoms with Crippen LogP contribution in [-0.2, 0) is 6.54 Å². The fourth-order valence-corrected chi connectivity index (χ4v) is 3.72. The lowest BCUT2D eigenvalue weighted by atomic mass is 9.94. The minimum absolute atomic E-state index is 0.209. The van der Waals surface area contributed by atoms with Gasteiger partial charge in [0.05, 0.1) is 17.8 Å². The van der Waals surface area contributed by atoms with E-state index in [4.69, 9.17) is 0 Å². The van der Waals surface area contributed by atoms with Crippen LogP contribution in [0, 0.1) is 13.8 Å². The molecule has 0 unspecified atom stereocenters. The molecule has 1 aromatic heterocycles. The zero-order valence-electron chi connectivity index (χ0n) is 19.5. The first kappa shape index (κ1) is 23.6. The molecule has 6 heteroatoms. The summed E-state index contributed by atoms with van der Waals surface area (Å²) in [5.41, 5.74) is 4.57. The molecule has 4 rings (SSSR count). The topological polar surface area (TPSA) is 88.2 Å². The van der Waals surface area contributed by atoms with Gasteiger partial charge in [0, 0.05) is 28.6 Å². The summed E-state index contributed by atoms with van der Waals surface area (Å²) >= 11 is 0. The molecule has 0 fully saturated rings. The third-order valence-corrected chi connectivity index (χ3v) is 5.59. The summed E-state index contributed by atoms with van der Waals surface area (Å²) in [6.45, 7) is 4.10. The first-order valence-electron chi connectivity index (χ1n) is 11.2. The maximum atomic E-state index is 13.3. The van der Waals surface area contributed by atoms with E-state index in [9.17, 15) is 14.4 Å². The van der Waals surface area contributed by atoms with E-state index in [1.165, 1.54) is 0 Å². The SMILES string of the molecule is Cc1ccc(C)c(C(=O)c2ccccc2C(=O)Nc2cccc(C(=O)NCc3ccccn3)c2)c1. The quantitative estimate of drug-likeness (QED) is 0.373. The molecule has 2 N–H and O–H groups in total. The molecule has 0 aliphatic rings. The lowest BCUT2D eigenvalue weighted by Crippen LogP contribution is -2.23. The van der Waals surface area contributed by atoms with Crippen molar-refractivity contribution in [2.45, 2.75) is 20.4 Å². The van der Waals surface area contributed by atoms with Gasteiger partial charge in [0.15, 0.2) is 5.78 Å². The number of amides is 2. The van der Waals surface area contributed by atoms with Crippen molar-refractivity contribution < 1.29 is 14.4 Å². The molecule has 1 heterocycles. The molecule has 35 heavy (non-hydrogen) atoms. The summed E-state index contributed by atoms with van der Waals surface area (Å²) in [5.74, 6) is -0.915. The van der Waals surface area contributed by atoms with Crippen LogP contribution < -0.4 is 10.6 Å². The van der Waals surface area contributed by atoms with Crippen LogP contribution in [0.25, 0.3) is 0 Å². The largest absolute Gasteiger partial charge is 0.346 e. The second-order valence-electron chi connectivity index (χ2n) is 8.23. The molecule has 0 atom stereocenters. The van der Waals surface area contributed by atoms with Crippen LogP contribution in [0.15, 0.2) is 91.1 Å². The Labute approximate surface area is 204 Å². The number of hydrogen-bond acceptors (Lipinski definition) is 4. The summed E-state index contributed by atoms with van der Waals surface area (Å²) < 4.78 is 0. The van der Waals surface area contributed by atoms with Crippen molar-refractivity contribution in [2.24, 2.45) is 0 Å². The van der Waals surface area contributed by atoms with Crippen molar-refractivity contribution in [1.82, 2.24) is 10.3 Å². The highest BCUT2D eigenvalue weighted by Crippen LogP contribution is 2.20. The van der Waals surface area contributed by atoms with E-state index in [1.807, 2.05) is 50.2 Å². The van der Waals surface area contributed by atoms with Crippen LogP contribution in [0.1, 0.15) is 53.5 Å². The zero-order valence-corrected chi connectivity index (χ0v) is 19.5. The van der Waals surface area contributed by atoms with E-state index in [0.717, 1.165) is 16.8 Å². The van der Waals surface area contributed by atoms with Crippen molar-refractivity contribution in [2.75, 3.05) is 5.32 Å². The minimum atomic E-state index is -0.426. The molecule has 0 aliphatic heterocycles. The molecule has 2 amide bonds. The van der Waals surface area contributed by atoms with Gasteiger partial charge in [0.25, 0.3) is 11.8 Å². The molecule has 0 spiro atoms. The number of carbonyl (C=O) groups is 3. The molecule has 3 aromatic carbocycles. The van der Waals surface area contributed by atoms with Crippen molar-refractivity contribution in [3.8, 4) is 0 Å². The van der Waals surface area contributed by atoms with Crippen molar-refractivity contribution >= 4 is 23.3 Å². The van der Waals surface area contributed by atoms with E-state index >= 15 is 0 Å². The van der Waals surface area contributed by atoms with Crippen LogP contribution in [0.4, 0.5) is 5.69 Å². The number of pyridine rings is 1. The molecule has 0 radical (unpaired) electrons. The normalized spacial score (nSPS) is 10.5. The van der Waals surface area contributed by atoms with Gasteiger partial charge in [0.2, 0.25) is 0 Å². The van der Waals surface area contributed by atoms with Gasteiger partial charge in [-0.25, -0.2) is 0 Å². The van der Waals surface area contributed by atoms with Gasteiger partial charge < -0.3 is 10.6 Å². The van der Waals surface area contributed by atoms with Gasteiger partial charge in [-0.1, -0.05) is 48.0 Å². The summed E-state index contributed by atoms with van der Waals surface area (Å²) in [7, 11) is 0. The monoisotopic (exact) mass is 463 g/mol. The highest BCUT2D eigenvalue weighted by molar-refractivity contribution is 6.18. The number of nitrogens with zero attached hydrogens (tertiary/aromatic N) is 1. The number of carbonyl (C=O) groups excluding carboxylic acids is 3. The Balaban J connectivity index is 1.51. The minimum Gasteiger partial charge on any atom is -0.346 e. The Bertz CT molecular complexity index is 1400. The van der Waals surface area contributed by atoms with E-state index in [-0.39, 0.29) is 17.3 Å². The Morgan fingerprint density at radius 1 is 0.743 bits per heavy atom. The van der Waals surface area contributed by atoms with Crippen LogP contribution in [0.3, 0.4) is 0 Å². The van der Waals surface area contributed by atoms with Gasteiger partial charge >= 0.3 is 0 Å². The third kappa shape index (κ3) is 5.68. The molecule has 0 bridgehead atoms. The van der Waals surface area contributed by atoms with E-state index in [1.54, 1.807) is 54.7 Å². The Kier molecular flexibility index (Phi) is 7.12. The van der Waals surface area contributed by atoms with Gasteiger partial charge in [-0.05, 0) is 61.9 Å². The second kappa shape index (κ2) is 10.6. The van der Waals surface area contributed by atoms with E-state index < -0.39 is 5.91 Å². The van der Waals surface area contributed by atoms with Crippen molar-refractivity contribution in [1.29, 1.82) is 0 Å². The summed E-state index contributed by atoms with van der Waals surface area (Å²) in [5, 5.41) is 5.64. The van der Waals surface area contributed by atoms with Gasteiger partial charge in [-0.3, -0.25) is 19.4 Å². The molecule has 0 saturated carbocycles. The number of hydrogen-bond donors (Lipinski definition) is 2. The van der Waals surface area contributed by atoms with Gasteiger partial charge in [-0.2, -0.15) is 0 Å². The Hall–Kier alpha value is -4.58. The Morgan fingerprint density at radius 3 is 2.29 bits per heavy atom. The standard InChI is InChI=1S/C29H25N3O3/c1-19-13-14-20(2)26(16-19)27(33)24-11-3-4-12-25(24)29(35)32-22-10-7-8-21(17-22)28(34)31-18-23-9-5-6-15-30-23/h3-17H,18H2,1-2H3,(H,31,34)(H,32,35).